The minimum atomic E-state index is -1.68. The van der Waals surface area contributed by atoms with Crippen LogP contribution >= 0.6 is 0 Å². The van der Waals surface area contributed by atoms with E-state index in [-0.39, 0.29) is 0 Å². The van der Waals surface area contributed by atoms with Crippen LogP contribution in [0.1, 0.15) is 41.5 Å². The molecule has 2 nitrogen and oxygen atoms in total. The molecule has 3 heteroatoms. The molecule has 0 aliphatic carbocycles. The van der Waals surface area contributed by atoms with Crippen LogP contribution in [0, 0.1) is 0 Å². The Morgan fingerprint density at radius 1 is 0.857 bits per heavy atom. The smallest absolute Gasteiger partial charge is 0.169 e. The highest BCUT2D eigenvalue weighted by Gasteiger charge is 2.45. The standard InChI is InChI=1S/C18H28N2Si/c1-14(2)21(15(3)4,16(5)6)20-13-7-8-18(20)17-9-11-19-12-10-17/h7-16H,1-6H3. The summed E-state index contributed by atoms with van der Waals surface area (Å²) in [7, 11) is -1.68. The van der Waals surface area contributed by atoms with Crippen molar-refractivity contribution < 1.29 is 0 Å². The van der Waals surface area contributed by atoms with Crippen LogP contribution in [0.15, 0.2) is 42.9 Å². The van der Waals surface area contributed by atoms with E-state index >= 15 is 0 Å². The van der Waals surface area contributed by atoms with Gasteiger partial charge in [-0.3, -0.25) is 4.98 Å². The SMILES string of the molecule is CC(C)[Si](C(C)C)(C(C)C)n1cccc1-c1ccncc1. The lowest BCUT2D eigenvalue weighted by Crippen LogP contribution is -2.51. The molecular weight excluding hydrogens is 272 g/mol. The summed E-state index contributed by atoms with van der Waals surface area (Å²) in [5, 5.41) is 0. The Hall–Kier alpha value is -1.35. The van der Waals surface area contributed by atoms with E-state index in [2.05, 4.69) is 81.2 Å². The lowest BCUT2D eigenvalue weighted by Gasteiger charge is -2.45. The van der Waals surface area contributed by atoms with Crippen LogP contribution < -0.4 is 0 Å². The lowest BCUT2D eigenvalue weighted by atomic mass is 10.2. The van der Waals surface area contributed by atoms with E-state index in [9.17, 15) is 0 Å². The third-order valence-corrected chi connectivity index (χ3v) is 11.7. The predicted molar refractivity (Wildman–Crippen MR) is 94.1 cm³/mol. The number of hydrogen-bond donors (Lipinski definition) is 0. The van der Waals surface area contributed by atoms with Gasteiger partial charge in [0.25, 0.3) is 0 Å². The molecule has 114 valence electrons. The van der Waals surface area contributed by atoms with Crippen LogP contribution in [0.4, 0.5) is 0 Å². The highest BCUT2D eigenvalue weighted by atomic mass is 28.3. The van der Waals surface area contributed by atoms with Gasteiger partial charge in [-0.15, -0.1) is 0 Å². The first kappa shape index (κ1) is 16.0. The van der Waals surface area contributed by atoms with E-state index in [1.54, 1.807) is 0 Å². The van der Waals surface area contributed by atoms with Gasteiger partial charge in [0, 0.05) is 23.7 Å². The number of pyridine rings is 1. The molecule has 0 aliphatic rings. The molecule has 0 aliphatic heterocycles. The second-order valence-electron chi connectivity index (χ2n) is 6.85. The fourth-order valence-corrected chi connectivity index (χ4v) is 10.9. The van der Waals surface area contributed by atoms with Gasteiger partial charge < -0.3 is 4.23 Å². The lowest BCUT2D eigenvalue weighted by molar-refractivity contribution is 0.767. The van der Waals surface area contributed by atoms with Gasteiger partial charge in [-0.25, -0.2) is 0 Å². The molecule has 0 spiro atoms. The second-order valence-corrected chi connectivity index (χ2v) is 12.6. The fraction of sp³-hybridized carbons (Fsp3) is 0.500. The maximum Gasteiger partial charge on any atom is 0.169 e. The van der Waals surface area contributed by atoms with Crippen LogP contribution in [0.25, 0.3) is 11.3 Å². The molecule has 0 unspecified atom stereocenters. The Kier molecular flexibility index (Phi) is 4.72. The first-order valence-electron chi connectivity index (χ1n) is 8.00. The molecule has 2 rings (SSSR count). The average molecular weight is 301 g/mol. The molecule has 0 amide bonds. The van der Waals surface area contributed by atoms with Crippen molar-refractivity contribution in [1.29, 1.82) is 0 Å². The van der Waals surface area contributed by atoms with Crippen LogP contribution in [-0.2, 0) is 0 Å². The molecule has 0 fully saturated rings. The molecule has 0 bridgehead atoms. The molecule has 0 saturated heterocycles. The second kappa shape index (κ2) is 6.18. The summed E-state index contributed by atoms with van der Waals surface area (Å²) >= 11 is 0. The first-order chi connectivity index (χ1) is 9.92. The quantitative estimate of drug-likeness (QED) is 0.660. The van der Waals surface area contributed by atoms with Crippen molar-refractivity contribution in [3.05, 3.63) is 42.9 Å². The zero-order valence-electron chi connectivity index (χ0n) is 14.2. The molecule has 0 N–H and O–H groups in total. The Balaban J connectivity index is 2.66. The highest BCUT2D eigenvalue weighted by molar-refractivity contribution is 6.82. The summed E-state index contributed by atoms with van der Waals surface area (Å²) in [6, 6.07) is 8.69. The zero-order valence-corrected chi connectivity index (χ0v) is 15.2. The van der Waals surface area contributed by atoms with Gasteiger partial charge in [0.15, 0.2) is 8.24 Å². The molecular formula is C18H28N2Si. The van der Waals surface area contributed by atoms with Crippen molar-refractivity contribution in [2.75, 3.05) is 0 Å². The molecule has 0 atom stereocenters. The minimum Gasteiger partial charge on any atom is -0.373 e. The summed E-state index contributed by atoms with van der Waals surface area (Å²) in [5.74, 6) is 0. The van der Waals surface area contributed by atoms with Crippen molar-refractivity contribution in [3.8, 4) is 11.3 Å². The average Bonchev–Trinajstić information content (AvgIpc) is 2.88. The number of rotatable bonds is 5. The third kappa shape index (κ3) is 2.59. The van der Waals surface area contributed by atoms with Crippen molar-refractivity contribution >= 4 is 8.24 Å². The van der Waals surface area contributed by atoms with Crippen LogP contribution in [0.5, 0.6) is 0 Å². The number of aromatic nitrogens is 2. The van der Waals surface area contributed by atoms with Crippen molar-refractivity contribution in [2.24, 2.45) is 0 Å². The van der Waals surface area contributed by atoms with Gasteiger partial charge in [-0.1, -0.05) is 41.5 Å². The van der Waals surface area contributed by atoms with E-state index in [0.29, 0.717) is 16.6 Å². The summed E-state index contributed by atoms with van der Waals surface area (Å²) in [4.78, 5) is 4.15. The van der Waals surface area contributed by atoms with E-state index in [0.717, 1.165) is 0 Å². The van der Waals surface area contributed by atoms with Gasteiger partial charge in [0.1, 0.15) is 0 Å². The maximum atomic E-state index is 4.15. The maximum absolute atomic E-state index is 4.15. The van der Waals surface area contributed by atoms with Gasteiger partial charge in [-0.2, -0.15) is 0 Å². The topological polar surface area (TPSA) is 17.8 Å². The van der Waals surface area contributed by atoms with Crippen LogP contribution in [0.3, 0.4) is 0 Å². The van der Waals surface area contributed by atoms with Crippen molar-refractivity contribution in [1.82, 2.24) is 9.22 Å². The van der Waals surface area contributed by atoms with E-state index in [1.807, 2.05) is 12.4 Å². The van der Waals surface area contributed by atoms with E-state index in [4.69, 9.17) is 0 Å². The third-order valence-electron chi connectivity index (χ3n) is 4.92. The molecule has 21 heavy (non-hydrogen) atoms. The first-order valence-corrected chi connectivity index (χ1v) is 10.2. The Bertz CT molecular complexity index is 548. The summed E-state index contributed by atoms with van der Waals surface area (Å²) in [6.07, 6.45) is 6.08. The van der Waals surface area contributed by atoms with Gasteiger partial charge in [0.05, 0.1) is 0 Å². The zero-order chi connectivity index (χ0) is 15.6. The van der Waals surface area contributed by atoms with Crippen molar-refractivity contribution in [3.63, 3.8) is 0 Å². The van der Waals surface area contributed by atoms with Crippen LogP contribution in [-0.4, -0.2) is 17.5 Å². The molecule has 2 aromatic rings. The van der Waals surface area contributed by atoms with Gasteiger partial charge >= 0.3 is 0 Å². The summed E-state index contributed by atoms with van der Waals surface area (Å²) in [6.45, 7) is 14.4. The van der Waals surface area contributed by atoms with Crippen molar-refractivity contribution in [2.45, 2.75) is 58.2 Å². The molecule has 0 saturated carbocycles. The van der Waals surface area contributed by atoms with E-state index < -0.39 is 8.24 Å². The monoisotopic (exact) mass is 300 g/mol. The number of hydrogen-bond acceptors (Lipinski definition) is 1. The predicted octanol–water partition coefficient (Wildman–Crippen LogP) is 5.57. The molecule has 2 aromatic heterocycles. The highest BCUT2D eigenvalue weighted by Crippen LogP contribution is 2.44. The summed E-state index contributed by atoms with van der Waals surface area (Å²) < 4.78 is 2.64. The Labute approximate surface area is 130 Å². The minimum absolute atomic E-state index is 0.700. The molecule has 2 heterocycles. The Morgan fingerprint density at radius 2 is 1.38 bits per heavy atom. The summed E-state index contributed by atoms with van der Waals surface area (Å²) in [5.41, 5.74) is 4.72. The number of nitrogens with zero attached hydrogens (tertiary/aromatic N) is 2. The molecule has 0 radical (unpaired) electrons. The normalized spacial score (nSPS) is 12.6. The van der Waals surface area contributed by atoms with Crippen LogP contribution in [0.2, 0.25) is 16.6 Å². The van der Waals surface area contributed by atoms with E-state index in [1.165, 1.54) is 11.3 Å². The Morgan fingerprint density at radius 3 is 1.86 bits per heavy atom. The van der Waals surface area contributed by atoms with Gasteiger partial charge in [-0.05, 0) is 47.1 Å². The molecule has 0 aromatic carbocycles. The van der Waals surface area contributed by atoms with Gasteiger partial charge in [0.2, 0.25) is 0 Å². The largest absolute Gasteiger partial charge is 0.373 e. The fourth-order valence-electron chi connectivity index (χ4n) is 4.31.